The van der Waals surface area contributed by atoms with E-state index in [0.717, 1.165) is 44.8 Å². The van der Waals surface area contributed by atoms with Gasteiger partial charge in [-0.15, -0.1) is 11.1 Å². The van der Waals surface area contributed by atoms with E-state index in [-0.39, 0.29) is 0 Å². The lowest BCUT2D eigenvalue weighted by Gasteiger charge is -2.26. The molecule has 0 bridgehead atoms. The number of benzene rings is 9. The summed E-state index contributed by atoms with van der Waals surface area (Å²) in [6.07, 6.45) is 0. The van der Waals surface area contributed by atoms with E-state index < -0.39 is 16.1 Å². The lowest BCUT2D eigenvalue weighted by atomic mass is 9.89. The summed E-state index contributed by atoms with van der Waals surface area (Å²) in [5.41, 5.74) is 10.4. The van der Waals surface area contributed by atoms with E-state index in [4.69, 9.17) is 0 Å². The van der Waals surface area contributed by atoms with E-state index >= 15 is 0 Å². The van der Waals surface area contributed by atoms with Crippen molar-refractivity contribution in [2.24, 2.45) is 0 Å². The number of hydrogen-bond acceptors (Lipinski definition) is 0. The minimum atomic E-state index is -2.50. The molecule has 9 rings (SSSR count). The SMILES string of the molecule is CC[Si](C#Cc1c2cc3ccccc3cc2c(C#C[Si](CC)(c2ccccc2)c2ccccc2)c2cc3ccccc3cc12)(c1ccccc1)c1ccccc1. The Bertz CT molecular complexity index is 2600. The lowest BCUT2D eigenvalue weighted by Crippen LogP contribution is -2.57. The molecule has 56 heavy (non-hydrogen) atoms. The molecule has 0 spiro atoms. The maximum Gasteiger partial charge on any atom is 0.199 e. The van der Waals surface area contributed by atoms with E-state index in [2.05, 4.69) is 231 Å². The molecule has 0 heterocycles. The molecule has 0 nitrogen and oxygen atoms in total. The van der Waals surface area contributed by atoms with Crippen LogP contribution in [0.15, 0.2) is 194 Å². The third kappa shape index (κ3) is 6.15. The molecule has 0 saturated carbocycles. The third-order valence-corrected chi connectivity index (χ3v) is 20.3. The van der Waals surface area contributed by atoms with Crippen molar-refractivity contribution in [1.82, 2.24) is 0 Å². The molecule has 0 aromatic heterocycles. The Kier molecular flexibility index (Phi) is 9.46. The van der Waals surface area contributed by atoms with Crippen LogP contribution in [0.4, 0.5) is 0 Å². The molecule has 0 amide bonds. The van der Waals surface area contributed by atoms with Gasteiger partial charge in [-0.1, -0.05) is 196 Å². The second-order valence-corrected chi connectivity index (χ2v) is 22.6. The predicted octanol–water partition coefficient (Wildman–Crippen LogP) is 10.6. The Balaban J connectivity index is 1.41. The highest BCUT2D eigenvalue weighted by Gasteiger charge is 2.35. The standard InChI is InChI=1S/C54H42Si2/c1-3-55(45-25-9-5-10-26-45,46-27-11-6-12-28-46)35-33-49-51-37-41-21-17-19-23-43(41)39-53(51)50(54-40-44-24-20-18-22-42(44)38-52(49)54)34-36-56(4-2,47-29-13-7-14-30-47)48-31-15-8-16-32-48/h5-32,37-40H,3-4H2,1-2H3. The average Bonchev–Trinajstić information content (AvgIpc) is 3.27. The van der Waals surface area contributed by atoms with Crippen LogP contribution in [-0.2, 0) is 0 Å². The molecule has 0 atom stereocenters. The largest absolute Gasteiger partial charge is 0.199 e. The van der Waals surface area contributed by atoms with Crippen LogP contribution in [0.1, 0.15) is 25.0 Å². The van der Waals surface area contributed by atoms with Crippen molar-refractivity contribution in [2.75, 3.05) is 0 Å². The van der Waals surface area contributed by atoms with Gasteiger partial charge in [0.1, 0.15) is 0 Å². The quantitative estimate of drug-likeness (QED) is 0.0903. The first kappa shape index (κ1) is 35.3. The number of rotatable bonds is 6. The maximum atomic E-state index is 4.10. The van der Waals surface area contributed by atoms with Gasteiger partial charge in [-0.2, -0.15) is 0 Å². The van der Waals surface area contributed by atoms with Crippen molar-refractivity contribution < 1.29 is 0 Å². The van der Waals surface area contributed by atoms with Gasteiger partial charge in [-0.05, 0) is 100 Å². The van der Waals surface area contributed by atoms with Gasteiger partial charge in [0, 0.05) is 11.1 Å². The molecule has 9 aromatic carbocycles. The molecule has 0 aliphatic rings. The van der Waals surface area contributed by atoms with Crippen LogP contribution in [-0.4, -0.2) is 16.1 Å². The van der Waals surface area contributed by atoms with Gasteiger partial charge in [0.05, 0.1) is 0 Å². The van der Waals surface area contributed by atoms with Crippen molar-refractivity contribution in [2.45, 2.75) is 25.9 Å². The monoisotopic (exact) mass is 746 g/mol. The molecule has 9 aromatic rings. The van der Waals surface area contributed by atoms with Crippen molar-refractivity contribution >= 4 is 80.0 Å². The molecule has 0 aliphatic heterocycles. The maximum absolute atomic E-state index is 4.10. The Morgan fingerprint density at radius 1 is 0.321 bits per heavy atom. The van der Waals surface area contributed by atoms with Crippen LogP contribution >= 0.6 is 0 Å². The summed E-state index contributed by atoms with van der Waals surface area (Å²) in [5, 5.41) is 14.8. The van der Waals surface area contributed by atoms with Crippen molar-refractivity contribution in [3.8, 4) is 22.9 Å². The number of hydrogen-bond donors (Lipinski definition) is 0. The first-order valence-corrected chi connectivity index (χ1v) is 24.1. The molecule has 266 valence electrons. The zero-order chi connectivity index (χ0) is 38.0. The van der Waals surface area contributed by atoms with E-state index in [0.29, 0.717) is 0 Å². The zero-order valence-corrected chi connectivity index (χ0v) is 33.9. The van der Waals surface area contributed by atoms with Crippen LogP contribution in [0.5, 0.6) is 0 Å². The van der Waals surface area contributed by atoms with Gasteiger partial charge in [-0.3, -0.25) is 0 Å². The predicted molar refractivity (Wildman–Crippen MR) is 247 cm³/mol. The van der Waals surface area contributed by atoms with Gasteiger partial charge in [0.2, 0.25) is 0 Å². The molecular formula is C54H42Si2. The van der Waals surface area contributed by atoms with Gasteiger partial charge < -0.3 is 0 Å². The van der Waals surface area contributed by atoms with E-state index in [9.17, 15) is 0 Å². The Morgan fingerprint density at radius 3 is 0.786 bits per heavy atom. The summed E-state index contributed by atoms with van der Waals surface area (Å²) >= 11 is 0. The summed E-state index contributed by atoms with van der Waals surface area (Å²) in [7, 11) is -5.01. The van der Waals surface area contributed by atoms with Crippen LogP contribution in [0.3, 0.4) is 0 Å². The molecule has 0 saturated heterocycles. The molecule has 0 fully saturated rings. The van der Waals surface area contributed by atoms with Crippen LogP contribution in [0.2, 0.25) is 12.1 Å². The molecular weight excluding hydrogens is 705 g/mol. The number of fused-ring (bicyclic) bond motifs is 4. The summed E-state index contributed by atoms with van der Waals surface area (Å²) in [4.78, 5) is 0. The Morgan fingerprint density at radius 2 is 0.554 bits per heavy atom. The van der Waals surface area contributed by atoms with Gasteiger partial charge in [-0.25, -0.2) is 0 Å². The van der Waals surface area contributed by atoms with Crippen LogP contribution in [0.25, 0.3) is 43.1 Å². The molecule has 0 aliphatic carbocycles. The second kappa shape index (κ2) is 15.0. The fourth-order valence-corrected chi connectivity index (χ4v) is 15.7. The van der Waals surface area contributed by atoms with E-state index in [1.807, 2.05) is 0 Å². The fourth-order valence-electron chi connectivity index (χ4n) is 8.71. The van der Waals surface area contributed by atoms with Crippen molar-refractivity contribution in [1.29, 1.82) is 0 Å². The van der Waals surface area contributed by atoms with Gasteiger partial charge in [0.25, 0.3) is 0 Å². The highest BCUT2D eigenvalue weighted by Crippen LogP contribution is 2.37. The summed E-state index contributed by atoms with van der Waals surface area (Å²) in [5.74, 6) is 7.97. The molecule has 0 N–H and O–H groups in total. The normalized spacial score (nSPS) is 11.6. The van der Waals surface area contributed by atoms with Crippen molar-refractivity contribution in [3.63, 3.8) is 0 Å². The Labute approximate surface area is 332 Å². The topological polar surface area (TPSA) is 0 Å². The summed E-state index contributed by atoms with van der Waals surface area (Å²) in [6.45, 7) is 4.64. The van der Waals surface area contributed by atoms with Crippen LogP contribution < -0.4 is 20.7 Å². The average molecular weight is 747 g/mol. The van der Waals surface area contributed by atoms with Crippen molar-refractivity contribution in [3.05, 3.63) is 205 Å². The summed E-state index contributed by atoms with van der Waals surface area (Å²) in [6, 6.07) is 72.9. The van der Waals surface area contributed by atoms with Gasteiger partial charge >= 0.3 is 0 Å². The Hall–Kier alpha value is -6.43. The first-order valence-electron chi connectivity index (χ1n) is 19.7. The zero-order valence-electron chi connectivity index (χ0n) is 31.9. The minimum Gasteiger partial charge on any atom is -0.115 e. The molecule has 0 unspecified atom stereocenters. The fraction of sp³-hybridized carbons (Fsp3) is 0.0741. The lowest BCUT2D eigenvalue weighted by molar-refractivity contribution is 1.41. The molecule has 0 radical (unpaired) electrons. The van der Waals surface area contributed by atoms with E-state index in [1.54, 1.807) is 0 Å². The van der Waals surface area contributed by atoms with Gasteiger partial charge in [0.15, 0.2) is 16.1 Å². The first-order chi connectivity index (χ1) is 27.6. The summed E-state index contributed by atoms with van der Waals surface area (Å²) < 4.78 is 0. The van der Waals surface area contributed by atoms with Crippen LogP contribution in [0, 0.1) is 22.9 Å². The molecule has 2 heteroatoms. The smallest absolute Gasteiger partial charge is 0.115 e. The van der Waals surface area contributed by atoms with E-state index in [1.165, 1.54) is 42.3 Å². The highest BCUT2D eigenvalue weighted by molar-refractivity contribution is 7.08. The minimum absolute atomic E-state index is 0.974. The third-order valence-electron chi connectivity index (χ3n) is 11.8. The highest BCUT2D eigenvalue weighted by atomic mass is 28.3. The second-order valence-electron chi connectivity index (χ2n) is 14.7.